The summed E-state index contributed by atoms with van der Waals surface area (Å²) >= 11 is 0. The van der Waals surface area contributed by atoms with E-state index in [4.69, 9.17) is 0 Å². The van der Waals surface area contributed by atoms with Gasteiger partial charge in [-0.3, -0.25) is 4.98 Å². The first-order valence-corrected chi connectivity index (χ1v) is 7.01. The lowest BCUT2D eigenvalue weighted by Gasteiger charge is -2.28. The molecule has 0 aromatic carbocycles. The van der Waals surface area contributed by atoms with Crippen LogP contribution in [0.5, 0.6) is 0 Å². The number of hydrogen-bond donors (Lipinski definition) is 1. The third-order valence-corrected chi connectivity index (χ3v) is 3.57. The number of piperidine rings is 1. The van der Waals surface area contributed by atoms with E-state index in [-0.39, 0.29) is 5.56 Å². The van der Waals surface area contributed by atoms with Crippen LogP contribution in [0.4, 0.5) is 5.82 Å². The molecule has 3 rings (SSSR count). The van der Waals surface area contributed by atoms with E-state index in [1.165, 1.54) is 12.6 Å². The van der Waals surface area contributed by atoms with E-state index in [0.717, 1.165) is 31.5 Å². The highest BCUT2D eigenvalue weighted by Crippen LogP contribution is 2.24. The summed E-state index contributed by atoms with van der Waals surface area (Å²) in [6, 6.07) is 3.67. The van der Waals surface area contributed by atoms with Crippen LogP contribution in [0, 0.1) is 0 Å². The molecule has 1 saturated heterocycles. The smallest absolute Gasteiger partial charge is 0.341 e. The Balaban J connectivity index is 2.03. The Kier molecular flexibility index (Phi) is 3.77. The van der Waals surface area contributed by atoms with Gasteiger partial charge >= 0.3 is 5.97 Å². The average Bonchev–Trinajstić information content (AvgIpc) is 2.56. The van der Waals surface area contributed by atoms with E-state index in [9.17, 15) is 9.90 Å². The largest absolute Gasteiger partial charge is 0.477 e. The average molecular weight is 284 g/mol. The van der Waals surface area contributed by atoms with Crippen molar-refractivity contribution in [1.82, 2.24) is 15.0 Å². The van der Waals surface area contributed by atoms with Crippen LogP contribution in [-0.4, -0.2) is 39.1 Å². The first-order chi connectivity index (χ1) is 10.3. The Labute approximate surface area is 122 Å². The van der Waals surface area contributed by atoms with Gasteiger partial charge in [0.2, 0.25) is 0 Å². The molecule has 0 atom stereocenters. The van der Waals surface area contributed by atoms with Crippen molar-refractivity contribution in [3.05, 3.63) is 36.3 Å². The molecule has 0 spiro atoms. The number of aromatic nitrogens is 3. The minimum Gasteiger partial charge on any atom is -0.477 e. The predicted octanol–water partition coefficient (Wildman–Crippen LogP) is 2.23. The van der Waals surface area contributed by atoms with Gasteiger partial charge in [0.1, 0.15) is 11.4 Å². The molecule has 0 bridgehead atoms. The minimum atomic E-state index is -0.992. The number of carbonyl (C=O) groups is 1. The van der Waals surface area contributed by atoms with Crippen molar-refractivity contribution in [2.24, 2.45) is 0 Å². The van der Waals surface area contributed by atoms with E-state index in [2.05, 4.69) is 15.0 Å². The molecule has 1 aliphatic rings. The predicted molar refractivity (Wildman–Crippen MR) is 78.3 cm³/mol. The number of carboxylic acid groups (broad SMARTS) is 1. The number of aromatic carboxylic acids is 1. The van der Waals surface area contributed by atoms with Gasteiger partial charge in [-0.1, -0.05) is 0 Å². The van der Waals surface area contributed by atoms with Crippen molar-refractivity contribution < 1.29 is 9.90 Å². The molecule has 1 aliphatic heterocycles. The van der Waals surface area contributed by atoms with Crippen molar-refractivity contribution in [3.63, 3.8) is 0 Å². The van der Waals surface area contributed by atoms with Crippen LogP contribution >= 0.6 is 0 Å². The summed E-state index contributed by atoms with van der Waals surface area (Å²) in [6.07, 6.45) is 8.05. The van der Waals surface area contributed by atoms with Crippen LogP contribution in [0.3, 0.4) is 0 Å². The lowest BCUT2D eigenvalue weighted by atomic mass is 10.1. The third-order valence-electron chi connectivity index (χ3n) is 3.57. The lowest BCUT2D eigenvalue weighted by molar-refractivity contribution is 0.0696. The fraction of sp³-hybridized carbons (Fsp3) is 0.333. The Morgan fingerprint density at radius 2 is 2.00 bits per heavy atom. The maximum atomic E-state index is 11.4. The first-order valence-electron chi connectivity index (χ1n) is 7.01. The van der Waals surface area contributed by atoms with Crippen molar-refractivity contribution in [2.45, 2.75) is 19.3 Å². The Morgan fingerprint density at radius 3 is 2.67 bits per heavy atom. The highest BCUT2D eigenvalue weighted by Gasteiger charge is 2.21. The maximum Gasteiger partial charge on any atom is 0.341 e. The molecule has 1 fully saturated rings. The highest BCUT2D eigenvalue weighted by molar-refractivity contribution is 5.93. The summed E-state index contributed by atoms with van der Waals surface area (Å²) < 4.78 is 0. The molecule has 0 amide bonds. The third kappa shape index (κ3) is 2.84. The molecule has 6 heteroatoms. The van der Waals surface area contributed by atoms with Crippen LogP contribution in [-0.2, 0) is 0 Å². The zero-order chi connectivity index (χ0) is 14.7. The second-order valence-corrected chi connectivity index (χ2v) is 5.03. The van der Waals surface area contributed by atoms with Crippen molar-refractivity contribution in [2.75, 3.05) is 18.0 Å². The summed E-state index contributed by atoms with van der Waals surface area (Å²) in [5.41, 5.74) is 0.942. The van der Waals surface area contributed by atoms with Gasteiger partial charge in [-0.2, -0.15) is 0 Å². The van der Waals surface area contributed by atoms with Gasteiger partial charge in [-0.15, -0.1) is 0 Å². The monoisotopic (exact) mass is 284 g/mol. The maximum absolute atomic E-state index is 11.4. The lowest BCUT2D eigenvalue weighted by Crippen LogP contribution is -2.32. The number of hydrogen-bond acceptors (Lipinski definition) is 5. The number of rotatable bonds is 3. The summed E-state index contributed by atoms with van der Waals surface area (Å²) in [7, 11) is 0. The van der Waals surface area contributed by atoms with E-state index in [0.29, 0.717) is 11.6 Å². The molecule has 3 heterocycles. The molecule has 1 N–H and O–H groups in total. The normalized spacial score (nSPS) is 15.0. The standard InChI is InChI=1S/C15H16N4O2/c20-15(21)12-10-17-13(11-5-4-6-16-9-11)18-14(12)19-7-2-1-3-8-19/h4-6,9-10H,1-3,7-8H2,(H,20,21). The minimum absolute atomic E-state index is 0.157. The second kappa shape index (κ2) is 5.87. The molecule has 6 nitrogen and oxygen atoms in total. The molecule has 2 aromatic rings. The van der Waals surface area contributed by atoms with Crippen LogP contribution in [0.25, 0.3) is 11.4 Å². The van der Waals surface area contributed by atoms with E-state index < -0.39 is 5.97 Å². The van der Waals surface area contributed by atoms with Crippen molar-refractivity contribution >= 4 is 11.8 Å². The van der Waals surface area contributed by atoms with E-state index >= 15 is 0 Å². The molecule has 0 saturated carbocycles. The molecule has 2 aromatic heterocycles. The van der Waals surface area contributed by atoms with Crippen molar-refractivity contribution in [1.29, 1.82) is 0 Å². The van der Waals surface area contributed by atoms with Gasteiger partial charge < -0.3 is 10.0 Å². The zero-order valence-corrected chi connectivity index (χ0v) is 11.6. The number of carboxylic acids is 1. The van der Waals surface area contributed by atoms with Gasteiger partial charge in [0.25, 0.3) is 0 Å². The molecule has 0 radical (unpaired) electrons. The fourth-order valence-electron chi connectivity index (χ4n) is 2.50. The molecule has 21 heavy (non-hydrogen) atoms. The fourth-order valence-corrected chi connectivity index (χ4v) is 2.50. The summed E-state index contributed by atoms with van der Waals surface area (Å²) in [5, 5.41) is 9.34. The topological polar surface area (TPSA) is 79.2 Å². The number of pyridine rings is 1. The van der Waals surface area contributed by atoms with E-state index in [1.54, 1.807) is 12.4 Å². The molecule has 0 aliphatic carbocycles. The van der Waals surface area contributed by atoms with Gasteiger partial charge in [-0.25, -0.2) is 14.8 Å². The Bertz CT molecular complexity index is 639. The molecule has 108 valence electrons. The summed E-state index contributed by atoms with van der Waals surface area (Å²) in [4.78, 5) is 26.1. The van der Waals surface area contributed by atoms with Gasteiger partial charge in [0.15, 0.2) is 5.82 Å². The molecular formula is C15H16N4O2. The Hall–Kier alpha value is -2.50. The Morgan fingerprint density at radius 1 is 1.19 bits per heavy atom. The van der Waals surface area contributed by atoms with Crippen LogP contribution in [0.15, 0.2) is 30.7 Å². The van der Waals surface area contributed by atoms with Gasteiger partial charge in [-0.05, 0) is 31.4 Å². The summed E-state index contributed by atoms with van der Waals surface area (Å²) in [5.74, 6) is 0.0260. The van der Waals surface area contributed by atoms with Gasteiger partial charge in [0.05, 0.1) is 0 Å². The zero-order valence-electron chi connectivity index (χ0n) is 11.6. The first kappa shape index (κ1) is 13.5. The molecule has 0 unspecified atom stereocenters. The van der Waals surface area contributed by atoms with Crippen LogP contribution in [0.2, 0.25) is 0 Å². The van der Waals surface area contributed by atoms with Crippen molar-refractivity contribution in [3.8, 4) is 11.4 Å². The molecular weight excluding hydrogens is 268 g/mol. The number of anilines is 1. The SMILES string of the molecule is O=C(O)c1cnc(-c2cccnc2)nc1N1CCCCC1. The number of nitrogens with zero attached hydrogens (tertiary/aromatic N) is 4. The van der Waals surface area contributed by atoms with Crippen LogP contribution < -0.4 is 4.90 Å². The van der Waals surface area contributed by atoms with Crippen LogP contribution in [0.1, 0.15) is 29.6 Å². The summed E-state index contributed by atoms with van der Waals surface area (Å²) in [6.45, 7) is 1.67. The quantitative estimate of drug-likeness (QED) is 0.931. The highest BCUT2D eigenvalue weighted by atomic mass is 16.4. The van der Waals surface area contributed by atoms with Gasteiger partial charge in [0, 0.05) is 37.2 Å². The second-order valence-electron chi connectivity index (χ2n) is 5.03. The van der Waals surface area contributed by atoms with E-state index in [1.807, 2.05) is 17.0 Å².